The van der Waals surface area contributed by atoms with Crippen LogP contribution in [0.4, 0.5) is 11.6 Å². The molecule has 0 saturated carbocycles. The fraction of sp³-hybridized carbons (Fsp3) is 0.476. The fourth-order valence-corrected chi connectivity index (χ4v) is 4.35. The zero-order chi connectivity index (χ0) is 21.3. The van der Waals surface area contributed by atoms with Gasteiger partial charge in [-0.15, -0.1) is 0 Å². The van der Waals surface area contributed by atoms with Gasteiger partial charge in [-0.2, -0.15) is 19.6 Å². The van der Waals surface area contributed by atoms with Crippen molar-refractivity contribution in [2.45, 2.75) is 50.7 Å². The Morgan fingerprint density at radius 1 is 1.10 bits per heavy atom. The van der Waals surface area contributed by atoms with Gasteiger partial charge >= 0.3 is 0 Å². The molecule has 1 aliphatic rings. The van der Waals surface area contributed by atoms with E-state index in [2.05, 4.69) is 43.5 Å². The van der Waals surface area contributed by atoms with Crippen LogP contribution in [0.3, 0.4) is 0 Å². The van der Waals surface area contributed by atoms with Crippen molar-refractivity contribution in [3.05, 3.63) is 41.6 Å². The summed E-state index contributed by atoms with van der Waals surface area (Å²) < 4.78 is 25.9. The van der Waals surface area contributed by atoms with E-state index in [0.29, 0.717) is 18.1 Å². The highest BCUT2D eigenvalue weighted by Crippen LogP contribution is 2.26. The number of nitrogens with one attached hydrogen (secondary N) is 1. The summed E-state index contributed by atoms with van der Waals surface area (Å²) in [6.45, 7) is 6.69. The second kappa shape index (κ2) is 8.22. The van der Waals surface area contributed by atoms with Crippen molar-refractivity contribution in [2.75, 3.05) is 29.6 Å². The predicted octanol–water partition coefficient (Wildman–Crippen LogP) is 3.25. The van der Waals surface area contributed by atoms with Gasteiger partial charge in [-0.1, -0.05) is 32.0 Å². The van der Waals surface area contributed by atoms with Crippen molar-refractivity contribution < 1.29 is 8.42 Å². The number of fused-ring (bicyclic) bond motifs is 1. The Morgan fingerprint density at radius 2 is 1.83 bits per heavy atom. The maximum absolute atomic E-state index is 12.2. The second-order valence-electron chi connectivity index (χ2n) is 8.12. The van der Waals surface area contributed by atoms with E-state index >= 15 is 0 Å². The smallest absolute Gasteiger partial charge is 0.252 e. The summed E-state index contributed by atoms with van der Waals surface area (Å²) >= 11 is 0. The van der Waals surface area contributed by atoms with Crippen LogP contribution < -0.4 is 10.2 Å². The number of rotatable bonds is 6. The molecular weight excluding hydrogens is 400 g/mol. The van der Waals surface area contributed by atoms with Crippen molar-refractivity contribution >= 4 is 27.1 Å². The minimum Gasteiger partial charge on any atom is -0.371 e. The third-order valence-electron chi connectivity index (χ3n) is 5.45. The number of nitrogens with zero attached hydrogens (tertiary/aromatic N) is 5. The van der Waals surface area contributed by atoms with E-state index in [9.17, 15) is 8.42 Å². The summed E-state index contributed by atoms with van der Waals surface area (Å²) in [4.78, 5) is 11.0. The minimum absolute atomic E-state index is 0.164. The Morgan fingerprint density at radius 3 is 2.53 bits per heavy atom. The second-order valence-corrected chi connectivity index (χ2v) is 10.0. The molecule has 30 heavy (non-hydrogen) atoms. The molecule has 8 nitrogen and oxygen atoms in total. The molecule has 1 saturated heterocycles. The molecule has 0 atom stereocenters. The molecule has 160 valence electrons. The van der Waals surface area contributed by atoms with E-state index in [-0.39, 0.29) is 11.1 Å². The molecule has 0 bridgehead atoms. The van der Waals surface area contributed by atoms with Gasteiger partial charge in [0.2, 0.25) is 15.8 Å². The van der Waals surface area contributed by atoms with Gasteiger partial charge in [-0.3, -0.25) is 0 Å². The fourth-order valence-electron chi connectivity index (χ4n) is 3.84. The molecule has 1 aromatic carbocycles. The van der Waals surface area contributed by atoms with E-state index in [0.717, 1.165) is 30.5 Å². The molecule has 1 fully saturated rings. The Bertz CT molecular complexity index is 1150. The normalized spacial score (nSPS) is 15.1. The lowest BCUT2D eigenvalue weighted by Gasteiger charge is -2.30. The first-order valence-electron chi connectivity index (χ1n) is 10.4. The SMILES string of the molecule is CC(C)c1cnn2c(NCc3ccccc3N3CCCCC3)nc(S(C)(=O)=O)nc12. The zero-order valence-corrected chi connectivity index (χ0v) is 18.5. The highest BCUT2D eigenvalue weighted by molar-refractivity contribution is 7.90. The van der Waals surface area contributed by atoms with Crippen LogP contribution >= 0.6 is 0 Å². The largest absolute Gasteiger partial charge is 0.371 e. The van der Waals surface area contributed by atoms with Gasteiger partial charge in [-0.25, -0.2) is 8.42 Å². The standard InChI is InChI=1S/C21H28N6O2S/c1-15(2)17-14-23-27-19(17)24-21(30(3,28)29)25-20(27)22-13-16-9-5-6-10-18(16)26-11-7-4-8-12-26/h5-6,9-10,14-15H,4,7-8,11-13H2,1-3H3,(H,22,24,25). The van der Waals surface area contributed by atoms with Crippen molar-refractivity contribution in [3.63, 3.8) is 0 Å². The monoisotopic (exact) mass is 428 g/mol. The summed E-state index contributed by atoms with van der Waals surface area (Å²) in [5.41, 5.74) is 3.76. The highest BCUT2D eigenvalue weighted by Gasteiger charge is 2.20. The topological polar surface area (TPSA) is 92.5 Å². The Balaban J connectivity index is 1.70. The van der Waals surface area contributed by atoms with Gasteiger partial charge in [0.1, 0.15) is 0 Å². The Kier molecular flexibility index (Phi) is 5.64. The van der Waals surface area contributed by atoms with Crippen molar-refractivity contribution in [1.29, 1.82) is 0 Å². The maximum atomic E-state index is 12.2. The Hall–Kier alpha value is -2.68. The van der Waals surface area contributed by atoms with Crippen LogP contribution in [0.25, 0.3) is 5.65 Å². The predicted molar refractivity (Wildman–Crippen MR) is 118 cm³/mol. The number of piperidine rings is 1. The minimum atomic E-state index is -3.56. The molecule has 0 radical (unpaired) electrons. The lowest BCUT2D eigenvalue weighted by Crippen LogP contribution is -2.30. The van der Waals surface area contributed by atoms with E-state index in [1.807, 2.05) is 19.9 Å². The molecular formula is C21H28N6O2S. The molecule has 0 unspecified atom stereocenters. The first-order valence-corrected chi connectivity index (χ1v) is 12.3. The average molecular weight is 429 g/mol. The van der Waals surface area contributed by atoms with Crippen LogP contribution in [0.5, 0.6) is 0 Å². The third-order valence-corrected chi connectivity index (χ3v) is 6.30. The van der Waals surface area contributed by atoms with Crippen LogP contribution in [-0.4, -0.2) is 47.3 Å². The van der Waals surface area contributed by atoms with Gasteiger partial charge in [0.05, 0.1) is 6.20 Å². The summed E-state index contributed by atoms with van der Waals surface area (Å²) in [5, 5.41) is 7.53. The molecule has 1 aliphatic heterocycles. The van der Waals surface area contributed by atoms with Gasteiger partial charge < -0.3 is 10.2 Å². The lowest BCUT2D eigenvalue weighted by atomic mass is 10.1. The molecule has 0 amide bonds. The first kappa shape index (κ1) is 20.6. The molecule has 3 aromatic rings. The maximum Gasteiger partial charge on any atom is 0.252 e. The average Bonchev–Trinajstić information content (AvgIpc) is 3.17. The Labute approximate surface area is 177 Å². The number of benzene rings is 1. The molecule has 0 spiro atoms. The van der Waals surface area contributed by atoms with E-state index in [1.54, 1.807) is 10.7 Å². The molecule has 3 heterocycles. The number of para-hydroxylation sites is 1. The molecule has 4 rings (SSSR count). The first-order chi connectivity index (χ1) is 14.3. The van der Waals surface area contributed by atoms with Crippen LogP contribution in [0, 0.1) is 0 Å². The summed E-state index contributed by atoms with van der Waals surface area (Å²) in [5.74, 6) is 0.540. The van der Waals surface area contributed by atoms with Gasteiger partial charge in [0.25, 0.3) is 5.16 Å². The summed E-state index contributed by atoms with van der Waals surface area (Å²) in [6.07, 6.45) is 6.55. The number of sulfone groups is 1. The summed E-state index contributed by atoms with van der Waals surface area (Å²) in [6, 6.07) is 8.31. The highest BCUT2D eigenvalue weighted by atomic mass is 32.2. The lowest BCUT2D eigenvalue weighted by molar-refractivity contribution is 0.576. The number of hydrogen-bond acceptors (Lipinski definition) is 7. The number of anilines is 2. The molecule has 1 N–H and O–H groups in total. The summed E-state index contributed by atoms with van der Waals surface area (Å²) in [7, 11) is -3.56. The molecule has 9 heteroatoms. The number of aromatic nitrogens is 4. The van der Waals surface area contributed by atoms with E-state index in [4.69, 9.17) is 0 Å². The molecule has 2 aromatic heterocycles. The molecule has 0 aliphatic carbocycles. The van der Waals surface area contributed by atoms with Crippen molar-refractivity contribution in [2.24, 2.45) is 0 Å². The van der Waals surface area contributed by atoms with Gasteiger partial charge in [0, 0.05) is 37.1 Å². The van der Waals surface area contributed by atoms with Crippen molar-refractivity contribution in [1.82, 2.24) is 19.6 Å². The van der Waals surface area contributed by atoms with Gasteiger partial charge in [-0.05, 0) is 36.8 Å². The van der Waals surface area contributed by atoms with Crippen LogP contribution in [-0.2, 0) is 16.4 Å². The van der Waals surface area contributed by atoms with E-state index < -0.39 is 9.84 Å². The van der Waals surface area contributed by atoms with Crippen LogP contribution in [0.2, 0.25) is 0 Å². The quantitative estimate of drug-likeness (QED) is 0.644. The number of hydrogen-bond donors (Lipinski definition) is 1. The van der Waals surface area contributed by atoms with Crippen molar-refractivity contribution in [3.8, 4) is 0 Å². The van der Waals surface area contributed by atoms with Crippen LogP contribution in [0.15, 0.2) is 35.6 Å². The van der Waals surface area contributed by atoms with Crippen LogP contribution in [0.1, 0.15) is 50.2 Å². The zero-order valence-electron chi connectivity index (χ0n) is 17.7. The van der Waals surface area contributed by atoms with E-state index in [1.165, 1.54) is 24.9 Å². The third kappa shape index (κ3) is 4.12. The van der Waals surface area contributed by atoms with Gasteiger partial charge in [0.15, 0.2) is 5.65 Å².